The first-order valence-corrected chi connectivity index (χ1v) is 8.73. The van der Waals surface area contributed by atoms with Crippen LogP contribution in [0, 0.1) is 0 Å². The van der Waals surface area contributed by atoms with Crippen molar-refractivity contribution in [2.45, 2.75) is 65.1 Å². The second kappa shape index (κ2) is 7.75. The van der Waals surface area contributed by atoms with Gasteiger partial charge in [0.25, 0.3) is 0 Å². The number of aryl methyl sites for hydroxylation is 2. The van der Waals surface area contributed by atoms with E-state index in [4.69, 9.17) is 5.10 Å². The maximum atomic E-state index is 4.72. The lowest BCUT2D eigenvalue weighted by Crippen LogP contribution is -2.57. The van der Waals surface area contributed by atoms with E-state index in [2.05, 4.69) is 79.7 Å². The largest absolute Gasteiger partial charge is 0.315 e. The van der Waals surface area contributed by atoms with Crippen LogP contribution < -0.4 is 5.32 Å². The summed E-state index contributed by atoms with van der Waals surface area (Å²) in [6.45, 7) is 9.81. The summed E-state index contributed by atoms with van der Waals surface area (Å²) in [4.78, 5) is 2.33. The van der Waals surface area contributed by atoms with Crippen molar-refractivity contribution in [2.24, 2.45) is 0 Å². The molecule has 0 aliphatic heterocycles. The molecule has 1 rings (SSSR count). The Morgan fingerprint density at radius 3 is 2.33 bits per heavy atom. The van der Waals surface area contributed by atoms with E-state index in [1.54, 1.807) is 0 Å². The molecule has 1 heterocycles. The van der Waals surface area contributed by atoms with Gasteiger partial charge in [-0.25, -0.2) is 0 Å². The summed E-state index contributed by atoms with van der Waals surface area (Å²) in [5, 5.41) is 8.24. The first-order valence-electron chi connectivity index (χ1n) is 7.94. The van der Waals surface area contributed by atoms with Gasteiger partial charge in [-0.1, -0.05) is 13.8 Å². The average Bonchev–Trinajstić information content (AvgIpc) is 2.79. The summed E-state index contributed by atoms with van der Waals surface area (Å²) in [6.07, 6.45) is 3.04. The molecule has 0 radical (unpaired) electrons. The van der Waals surface area contributed by atoms with Gasteiger partial charge in [-0.2, -0.15) is 5.10 Å². The molecule has 1 N–H and O–H groups in total. The van der Waals surface area contributed by atoms with Crippen molar-refractivity contribution in [3.05, 3.63) is 15.9 Å². The molecule has 122 valence electrons. The Morgan fingerprint density at radius 1 is 1.33 bits per heavy atom. The van der Waals surface area contributed by atoms with Crippen molar-refractivity contribution in [1.29, 1.82) is 0 Å². The number of likely N-dealkylation sites (N-methyl/N-ethyl adjacent to an activating group) is 2. The summed E-state index contributed by atoms with van der Waals surface area (Å²) in [7, 11) is 6.39. The van der Waals surface area contributed by atoms with Crippen molar-refractivity contribution in [2.75, 3.05) is 21.1 Å². The van der Waals surface area contributed by atoms with E-state index in [0.717, 1.165) is 31.5 Å². The van der Waals surface area contributed by atoms with E-state index in [9.17, 15) is 0 Å². The highest BCUT2D eigenvalue weighted by atomic mass is 79.9. The van der Waals surface area contributed by atoms with E-state index in [-0.39, 0.29) is 5.54 Å². The van der Waals surface area contributed by atoms with Crippen LogP contribution in [0.5, 0.6) is 0 Å². The molecule has 2 atom stereocenters. The van der Waals surface area contributed by atoms with Gasteiger partial charge >= 0.3 is 0 Å². The molecule has 0 bridgehead atoms. The van der Waals surface area contributed by atoms with Crippen LogP contribution in [-0.2, 0) is 19.4 Å². The van der Waals surface area contributed by atoms with Gasteiger partial charge in [-0.15, -0.1) is 0 Å². The Balaban J connectivity index is 3.15. The van der Waals surface area contributed by atoms with Gasteiger partial charge in [0.2, 0.25) is 0 Å². The Kier molecular flexibility index (Phi) is 6.88. The normalized spacial score (nSPS) is 16.2. The van der Waals surface area contributed by atoms with Crippen LogP contribution in [0.4, 0.5) is 0 Å². The zero-order valence-electron chi connectivity index (χ0n) is 14.6. The highest BCUT2D eigenvalue weighted by Crippen LogP contribution is 2.28. The highest BCUT2D eigenvalue weighted by Gasteiger charge is 2.35. The van der Waals surface area contributed by atoms with Gasteiger partial charge in [-0.05, 0) is 63.8 Å². The quantitative estimate of drug-likeness (QED) is 0.774. The smallest absolute Gasteiger partial charge is 0.0766 e. The fraction of sp³-hybridized carbons (Fsp3) is 0.812. The number of rotatable bonds is 8. The minimum atomic E-state index is 0.114. The zero-order valence-corrected chi connectivity index (χ0v) is 16.2. The fourth-order valence-corrected chi connectivity index (χ4v) is 3.64. The van der Waals surface area contributed by atoms with Crippen LogP contribution in [0.1, 0.15) is 45.5 Å². The third-order valence-corrected chi connectivity index (χ3v) is 5.84. The second-order valence-electron chi connectivity index (χ2n) is 6.03. The van der Waals surface area contributed by atoms with Crippen LogP contribution >= 0.6 is 15.9 Å². The molecule has 0 saturated heterocycles. The van der Waals surface area contributed by atoms with Gasteiger partial charge < -0.3 is 10.2 Å². The van der Waals surface area contributed by atoms with Crippen molar-refractivity contribution in [3.63, 3.8) is 0 Å². The van der Waals surface area contributed by atoms with E-state index in [1.807, 2.05) is 0 Å². The molecule has 0 aliphatic rings. The van der Waals surface area contributed by atoms with Gasteiger partial charge in [0, 0.05) is 24.5 Å². The van der Waals surface area contributed by atoms with Gasteiger partial charge in [0.05, 0.1) is 15.9 Å². The number of hydrogen-bond acceptors (Lipinski definition) is 3. The lowest BCUT2D eigenvalue weighted by molar-refractivity contribution is 0.115. The van der Waals surface area contributed by atoms with Crippen molar-refractivity contribution in [3.8, 4) is 0 Å². The molecule has 0 saturated carbocycles. The highest BCUT2D eigenvalue weighted by molar-refractivity contribution is 9.10. The van der Waals surface area contributed by atoms with Crippen molar-refractivity contribution in [1.82, 2.24) is 20.0 Å². The molecule has 0 amide bonds. The summed E-state index contributed by atoms with van der Waals surface area (Å²) in [5.41, 5.74) is 2.57. The predicted molar refractivity (Wildman–Crippen MR) is 93.9 cm³/mol. The minimum absolute atomic E-state index is 0.114. The molecule has 1 aromatic heterocycles. The molecule has 0 spiro atoms. The maximum Gasteiger partial charge on any atom is 0.0766 e. The van der Waals surface area contributed by atoms with Crippen LogP contribution in [0.25, 0.3) is 0 Å². The van der Waals surface area contributed by atoms with E-state index >= 15 is 0 Å². The number of nitrogens with zero attached hydrogens (tertiary/aromatic N) is 3. The Bertz CT molecular complexity index is 455. The number of halogens is 1. The lowest BCUT2D eigenvalue weighted by Gasteiger charge is -2.42. The maximum absolute atomic E-state index is 4.72. The van der Waals surface area contributed by atoms with Crippen LogP contribution in [0.2, 0.25) is 0 Å². The number of nitrogens with one attached hydrogen (secondary N) is 1. The van der Waals surface area contributed by atoms with E-state index in [1.165, 1.54) is 10.2 Å². The molecule has 0 fully saturated rings. The molecule has 1 aromatic rings. The van der Waals surface area contributed by atoms with Crippen molar-refractivity contribution < 1.29 is 0 Å². The van der Waals surface area contributed by atoms with Gasteiger partial charge in [-0.3, -0.25) is 4.68 Å². The summed E-state index contributed by atoms with van der Waals surface area (Å²) in [5.74, 6) is 0. The molecular weight excluding hydrogens is 328 g/mol. The van der Waals surface area contributed by atoms with Gasteiger partial charge in [0.1, 0.15) is 0 Å². The van der Waals surface area contributed by atoms with E-state index in [0.29, 0.717) is 6.04 Å². The number of hydrogen-bond donors (Lipinski definition) is 1. The Labute approximate surface area is 138 Å². The molecule has 0 aliphatic carbocycles. The average molecular weight is 359 g/mol. The Hall–Kier alpha value is -0.390. The minimum Gasteiger partial charge on any atom is -0.315 e. The first kappa shape index (κ1) is 18.7. The summed E-state index contributed by atoms with van der Waals surface area (Å²) >= 11 is 3.76. The van der Waals surface area contributed by atoms with Crippen LogP contribution in [0.3, 0.4) is 0 Å². The Morgan fingerprint density at radius 2 is 1.95 bits per heavy atom. The molecule has 4 nitrogen and oxygen atoms in total. The SMILES string of the molecule is CCc1nn(CC)c(CC(NC)C(C)(CC)N(C)C)c1Br. The topological polar surface area (TPSA) is 33.1 Å². The third-order valence-electron chi connectivity index (χ3n) is 4.93. The van der Waals surface area contributed by atoms with E-state index < -0.39 is 0 Å². The molecule has 21 heavy (non-hydrogen) atoms. The zero-order chi connectivity index (χ0) is 16.2. The number of aromatic nitrogens is 2. The second-order valence-corrected chi connectivity index (χ2v) is 6.82. The monoisotopic (exact) mass is 358 g/mol. The van der Waals surface area contributed by atoms with Gasteiger partial charge in [0.15, 0.2) is 0 Å². The van der Waals surface area contributed by atoms with Crippen LogP contribution in [-0.4, -0.2) is 47.4 Å². The summed E-state index contributed by atoms with van der Waals surface area (Å²) in [6, 6.07) is 0.375. The third kappa shape index (κ3) is 3.69. The van der Waals surface area contributed by atoms with Crippen molar-refractivity contribution >= 4 is 15.9 Å². The molecular formula is C16H31BrN4. The molecule has 2 unspecified atom stereocenters. The standard InChI is InChI=1S/C16H31BrN4/c1-8-12-15(17)13(21(10-3)19-12)11-14(18-5)16(4,9-2)20(6)7/h14,18H,8-11H2,1-7H3. The lowest BCUT2D eigenvalue weighted by atomic mass is 9.85. The predicted octanol–water partition coefficient (Wildman–Crippen LogP) is 3.09. The molecule has 0 aromatic carbocycles. The molecule has 5 heteroatoms. The first-order chi connectivity index (χ1) is 9.85. The summed E-state index contributed by atoms with van der Waals surface area (Å²) < 4.78 is 3.32. The van der Waals surface area contributed by atoms with Crippen LogP contribution in [0.15, 0.2) is 4.47 Å². The fourth-order valence-electron chi connectivity index (χ4n) is 2.91.